The molecule has 1 amide bonds. The summed E-state index contributed by atoms with van der Waals surface area (Å²) in [7, 11) is 0. The van der Waals surface area contributed by atoms with E-state index in [-0.39, 0.29) is 11.8 Å². The summed E-state index contributed by atoms with van der Waals surface area (Å²) in [6.07, 6.45) is 1.83. The Morgan fingerprint density at radius 2 is 2.29 bits per heavy atom. The number of hydrogen-bond donors (Lipinski definition) is 2. The molecule has 1 aromatic rings. The van der Waals surface area contributed by atoms with Gasteiger partial charge in [-0.2, -0.15) is 0 Å². The first-order chi connectivity index (χ1) is 8.08. The molecule has 1 aromatic carbocycles. The minimum Gasteiger partial charge on any atom is -0.508 e. The van der Waals surface area contributed by atoms with Crippen LogP contribution in [0.15, 0.2) is 18.2 Å². The van der Waals surface area contributed by atoms with Gasteiger partial charge in [-0.15, -0.1) is 0 Å². The summed E-state index contributed by atoms with van der Waals surface area (Å²) < 4.78 is 0. The van der Waals surface area contributed by atoms with Crippen molar-refractivity contribution in [3.05, 3.63) is 23.8 Å². The van der Waals surface area contributed by atoms with Crippen LogP contribution in [0.1, 0.15) is 18.4 Å². The molecule has 92 valence electrons. The summed E-state index contributed by atoms with van der Waals surface area (Å²) >= 11 is 0. The van der Waals surface area contributed by atoms with Crippen molar-refractivity contribution in [2.45, 2.75) is 19.8 Å². The second kappa shape index (κ2) is 4.65. The summed E-state index contributed by atoms with van der Waals surface area (Å²) in [4.78, 5) is 13.3. The van der Waals surface area contributed by atoms with Gasteiger partial charge in [0.1, 0.15) is 5.75 Å². The Kier molecular flexibility index (Phi) is 3.22. The van der Waals surface area contributed by atoms with E-state index in [1.807, 2.05) is 19.1 Å². The Bertz CT molecular complexity index is 431. The highest BCUT2D eigenvalue weighted by Crippen LogP contribution is 2.27. The molecule has 3 N–H and O–H groups in total. The molecule has 0 aromatic heterocycles. The van der Waals surface area contributed by atoms with Gasteiger partial charge < -0.3 is 15.7 Å². The molecule has 0 aliphatic carbocycles. The topological polar surface area (TPSA) is 66.6 Å². The third-order valence-corrected chi connectivity index (χ3v) is 3.38. The number of amides is 1. The van der Waals surface area contributed by atoms with Crippen LogP contribution in [-0.4, -0.2) is 24.1 Å². The smallest absolute Gasteiger partial charge is 0.222 e. The predicted octanol–water partition coefficient (Wildman–Crippen LogP) is 1.40. The standard InChI is InChI=1S/C13H18N2O2/c1-9-4-5-11(7-12(9)16)15-6-2-3-10(8-15)13(14)17/h4-5,7,10,16H,2-3,6,8H2,1H3,(H2,14,17)/t10-/m0/s1. The van der Waals surface area contributed by atoms with E-state index in [0.29, 0.717) is 12.3 Å². The first kappa shape index (κ1) is 11.8. The number of nitrogens with zero attached hydrogens (tertiary/aromatic N) is 1. The molecule has 0 saturated carbocycles. The summed E-state index contributed by atoms with van der Waals surface area (Å²) in [6.45, 7) is 3.42. The van der Waals surface area contributed by atoms with Crippen LogP contribution in [0, 0.1) is 12.8 Å². The first-order valence-corrected chi connectivity index (χ1v) is 5.92. The molecule has 1 saturated heterocycles. The van der Waals surface area contributed by atoms with Crippen molar-refractivity contribution in [3.63, 3.8) is 0 Å². The summed E-state index contributed by atoms with van der Waals surface area (Å²) in [5.74, 6) is -0.0121. The number of nitrogens with two attached hydrogens (primary N) is 1. The van der Waals surface area contributed by atoms with Gasteiger partial charge in [-0.05, 0) is 31.4 Å². The summed E-state index contributed by atoms with van der Waals surface area (Å²) in [5.41, 5.74) is 7.16. The minimum atomic E-state index is -0.231. The lowest BCUT2D eigenvalue weighted by molar-refractivity contribution is -0.122. The number of benzene rings is 1. The highest BCUT2D eigenvalue weighted by Gasteiger charge is 2.24. The largest absolute Gasteiger partial charge is 0.508 e. The number of anilines is 1. The van der Waals surface area contributed by atoms with Crippen LogP contribution in [0.25, 0.3) is 0 Å². The number of phenols is 1. The fraction of sp³-hybridized carbons (Fsp3) is 0.462. The van der Waals surface area contributed by atoms with Crippen LogP contribution in [0.2, 0.25) is 0 Å². The highest BCUT2D eigenvalue weighted by molar-refractivity contribution is 5.77. The second-order valence-corrected chi connectivity index (χ2v) is 4.66. The van der Waals surface area contributed by atoms with E-state index >= 15 is 0 Å². The van der Waals surface area contributed by atoms with E-state index in [1.165, 1.54) is 0 Å². The molecule has 0 radical (unpaired) electrons. The van der Waals surface area contributed by atoms with Crippen molar-refractivity contribution < 1.29 is 9.90 Å². The average Bonchev–Trinajstić information content (AvgIpc) is 2.33. The molecule has 4 nitrogen and oxygen atoms in total. The van der Waals surface area contributed by atoms with Gasteiger partial charge in [-0.3, -0.25) is 4.79 Å². The van der Waals surface area contributed by atoms with Gasteiger partial charge in [0.05, 0.1) is 5.92 Å². The number of hydrogen-bond acceptors (Lipinski definition) is 3. The van der Waals surface area contributed by atoms with Crippen LogP contribution in [0.4, 0.5) is 5.69 Å². The van der Waals surface area contributed by atoms with E-state index in [9.17, 15) is 9.90 Å². The molecule has 2 rings (SSSR count). The zero-order chi connectivity index (χ0) is 12.4. The number of aromatic hydroxyl groups is 1. The molecule has 1 atom stereocenters. The van der Waals surface area contributed by atoms with Gasteiger partial charge in [0.25, 0.3) is 0 Å². The molecule has 1 aliphatic rings. The summed E-state index contributed by atoms with van der Waals surface area (Å²) in [5, 5.41) is 9.69. The third kappa shape index (κ3) is 2.52. The lowest BCUT2D eigenvalue weighted by Gasteiger charge is -2.33. The number of primary amides is 1. The van der Waals surface area contributed by atoms with Crippen LogP contribution in [-0.2, 0) is 4.79 Å². The average molecular weight is 234 g/mol. The Morgan fingerprint density at radius 1 is 1.53 bits per heavy atom. The predicted molar refractivity (Wildman–Crippen MR) is 67.0 cm³/mol. The van der Waals surface area contributed by atoms with Crippen LogP contribution >= 0.6 is 0 Å². The number of piperidine rings is 1. The molecule has 1 aliphatic heterocycles. The number of aryl methyl sites for hydroxylation is 1. The van der Waals surface area contributed by atoms with E-state index in [2.05, 4.69) is 4.90 Å². The molecule has 1 fully saturated rings. The lowest BCUT2D eigenvalue weighted by atomic mass is 9.97. The minimum absolute atomic E-state index is 0.0767. The normalized spacial score (nSPS) is 20.3. The molecule has 0 bridgehead atoms. The lowest BCUT2D eigenvalue weighted by Crippen LogP contribution is -2.41. The quantitative estimate of drug-likeness (QED) is 0.813. The molecule has 1 heterocycles. The summed E-state index contributed by atoms with van der Waals surface area (Å²) in [6, 6.07) is 5.61. The van der Waals surface area contributed by atoms with Gasteiger partial charge in [0.2, 0.25) is 5.91 Å². The van der Waals surface area contributed by atoms with E-state index in [4.69, 9.17) is 5.73 Å². The zero-order valence-electron chi connectivity index (χ0n) is 10.0. The number of phenolic OH excluding ortho intramolecular Hbond substituents is 1. The maximum Gasteiger partial charge on any atom is 0.222 e. The monoisotopic (exact) mass is 234 g/mol. The third-order valence-electron chi connectivity index (χ3n) is 3.38. The van der Waals surface area contributed by atoms with Crippen molar-refractivity contribution in [3.8, 4) is 5.75 Å². The van der Waals surface area contributed by atoms with Gasteiger partial charge in [0, 0.05) is 24.8 Å². The molecule has 17 heavy (non-hydrogen) atoms. The van der Waals surface area contributed by atoms with Gasteiger partial charge in [-0.25, -0.2) is 0 Å². The molecular formula is C13H18N2O2. The number of rotatable bonds is 2. The van der Waals surface area contributed by atoms with E-state index in [1.54, 1.807) is 6.07 Å². The fourth-order valence-corrected chi connectivity index (χ4v) is 2.24. The molecule has 4 heteroatoms. The highest BCUT2D eigenvalue weighted by atomic mass is 16.3. The Hall–Kier alpha value is -1.71. The van der Waals surface area contributed by atoms with Crippen molar-refractivity contribution in [1.82, 2.24) is 0 Å². The van der Waals surface area contributed by atoms with E-state index < -0.39 is 0 Å². The Morgan fingerprint density at radius 3 is 2.94 bits per heavy atom. The van der Waals surface area contributed by atoms with Gasteiger partial charge >= 0.3 is 0 Å². The maximum atomic E-state index is 11.2. The molecular weight excluding hydrogens is 216 g/mol. The first-order valence-electron chi connectivity index (χ1n) is 5.92. The second-order valence-electron chi connectivity index (χ2n) is 4.66. The number of carbonyl (C=O) groups is 1. The van der Waals surface area contributed by atoms with Crippen molar-refractivity contribution in [1.29, 1.82) is 0 Å². The zero-order valence-corrected chi connectivity index (χ0v) is 10.0. The van der Waals surface area contributed by atoms with Crippen LogP contribution in [0.3, 0.4) is 0 Å². The van der Waals surface area contributed by atoms with Crippen molar-refractivity contribution in [2.24, 2.45) is 11.7 Å². The SMILES string of the molecule is Cc1ccc(N2CCC[C@H](C(N)=O)C2)cc1O. The molecule has 0 spiro atoms. The Balaban J connectivity index is 2.16. The van der Waals surface area contributed by atoms with Crippen LogP contribution < -0.4 is 10.6 Å². The van der Waals surface area contributed by atoms with Crippen molar-refractivity contribution >= 4 is 11.6 Å². The fourth-order valence-electron chi connectivity index (χ4n) is 2.24. The van der Waals surface area contributed by atoms with E-state index in [0.717, 1.165) is 30.6 Å². The van der Waals surface area contributed by atoms with Crippen LogP contribution in [0.5, 0.6) is 5.75 Å². The number of carbonyl (C=O) groups excluding carboxylic acids is 1. The van der Waals surface area contributed by atoms with Gasteiger partial charge in [-0.1, -0.05) is 6.07 Å². The Labute approximate surface area is 101 Å². The maximum absolute atomic E-state index is 11.2. The van der Waals surface area contributed by atoms with Gasteiger partial charge in [0.15, 0.2) is 0 Å². The molecule has 0 unspecified atom stereocenters. The van der Waals surface area contributed by atoms with Crippen molar-refractivity contribution in [2.75, 3.05) is 18.0 Å².